The molecule has 0 unspecified atom stereocenters. The van der Waals surface area contributed by atoms with Crippen molar-refractivity contribution in [3.63, 3.8) is 0 Å². The Morgan fingerprint density at radius 3 is 2.77 bits per heavy atom. The molecule has 7 heteroatoms. The summed E-state index contributed by atoms with van der Waals surface area (Å²) in [6.45, 7) is 6.03. The van der Waals surface area contributed by atoms with E-state index in [4.69, 9.17) is 14.2 Å². The summed E-state index contributed by atoms with van der Waals surface area (Å²) in [5.41, 5.74) is 0.693. The number of benzene rings is 1. The van der Waals surface area contributed by atoms with E-state index in [0.29, 0.717) is 36.4 Å². The van der Waals surface area contributed by atoms with Gasteiger partial charge in [-0.15, -0.1) is 0 Å². The monoisotopic (exact) mass is 363 g/mol. The molecule has 2 atom stereocenters. The summed E-state index contributed by atoms with van der Waals surface area (Å²) in [6, 6.07) is 6.05. The molecule has 2 aliphatic rings. The van der Waals surface area contributed by atoms with Crippen molar-refractivity contribution in [1.82, 2.24) is 9.80 Å². The Morgan fingerprint density at radius 2 is 2.04 bits per heavy atom. The van der Waals surface area contributed by atoms with E-state index in [1.54, 1.807) is 26.4 Å². The number of hydrogen-bond acceptors (Lipinski definition) is 5. The predicted octanol–water partition coefficient (Wildman–Crippen LogP) is 2.42. The van der Waals surface area contributed by atoms with Crippen molar-refractivity contribution in [1.29, 1.82) is 0 Å². The maximum absolute atomic E-state index is 12.7. The summed E-state index contributed by atoms with van der Waals surface area (Å²) in [6.07, 6.45) is 2.30. The minimum atomic E-state index is -0.0884. The lowest BCUT2D eigenvalue weighted by Crippen LogP contribution is -2.63. The number of amides is 2. The van der Waals surface area contributed by atoms with Gasteiger partial charge in [0.05, 0.1) is 33.5 Å². The Hall–Kier alpha value is -1.99. The van der Waals surface area contributed by atoms with Crippen LogP contribution >= 0.6 is 0 Å². The molecule has 144 valence electrons. The molecule has 1 N–H and O–H groups in total. The zero-order chi connectivity index (χ0) is 18.5. The molecule has 2 amide bonds. The van der Waals surface area contributed by atoms with Crippen LogP contribution in [0.3, 0.4) is 0 Å². The summed E-state index contributed by atoms with van der Waals surface area (Å²) in [4.78, 5) is 17.1. The van der Waals surface area contributed by atoms with E-state index in [0.717, 1.165) is 32.5 Å². The molecule has 7 nitrogen and oxygen atoms in total. The summed E-state index contributed by atoms with van der Waals surface area (Å²) in [5.74, 6) is 1.23. The Balaban J connectivity index is 1.61. The van der Waals surface area contributed by atoms with Gasteiger partial charge in [0.25, 0.3) is 0 Å². The Labute approximate surface area is 155 Å². The SMILES string of the molecule is CCC[C@H]1COC[C@H]2CN(C(=O)Nc3ccc(OC)c(OC)c3)CCN12. The number of anilines is 1. The second kappa shape index (κ2) is 8.60. The molecule has 26 heavy (non-hydrogen) atoms. The Morgan fingerprint density at radius 1 is 1.23 bits per heavy atom. The molecule has 0 bridgehead atoms. The van der Waals surface area contributed by atoms with E-state index in [1.807, 2.05) is 11.0 Å². The molecule has 3 rings (SSSR count). The van der Waals surface area contributed by atoms with Gasteiger partial charge < -0.3 is 24.4 Å². The molecular formula is C19H29N3O4. The first-order valence-corrected chi connectivity index (χ1v) is 9.27. The van der Waals surface area contributed by atoms with E-state index in [-0.39, 0.29) is 12.1 Å². The fourth-order valence-electron chi connectivity index (χ4n) is 3.82. The molecule has 1 aromatic rings. The molecule has 0 aliphatic carbocycles. The van der Waals surface area contributed by atoms with Crippen LogP contribution in [0.5, 0.6) is 11.5 Å². The highest BCUT2D eigenvalue weighted by molar-refractivity contribution is 5.89. The van der Waals surface area contributed by atoms with Crippen LogP contribution in [-0.2, 0) is 4.74 Å². The van der Waals surface area contributed by atoms with Crippen LogP contribution in [0.1, 0.15) is 19.8 Å². The number of nitrogens with zero attached hydrogens (tertiary/aromatic N) is 2. The maximum Gasteiger partial charge on any atom is 0.321 e. The van der Waals surface area contributed by atoms with E-state index in [2.05, 4.69) is 17.1 Å². The summed E-state index contributed by atoms with van der Waals surface area (Å²) < 4.78 is 16.3. The highest BCUT2D eigenvalue weighted by Gasteiger charge is 2.36. The molecule has 0 saturated carbocycles. The second-order valence-corrected chi connectivity index (χ2v) is 6.82. The smallest absolute Gasteiger partial charge is 0.321 e. The third-order valence-corrected chi connectivity index (χ3v) is 5.16. The van der Waals surface area contributed by atoms with Crippen LogP contribution in [0.4, 0.5) is 10.5 Å². The third kappa shape index (κ3) is 4.04. The second-order valence-electron chi connectivity index (χ2n) is 6.82. The van der Waals surface area contributed by atoms with Gasteiger partial charge in [0.2, 0.25) is 0 Å². The minimum absolute atomic E-state index is 0.0884. The highest BCUT2D eigenvalue weighted by atomic mass is 16.5. The first-order valence-electron chi connectivity index (χ1n) is 9.27. The summed E-state index contributed by atoms with van der Waals surface area (Å²) in [7, 11) is 3.17. The van der Waals surface area contributed by atoms with Crippen LogP contribution in [0.2, 0.25) is 0 Å². The molecule has 2 heterocycles. The fraction of sp³-hybridized carbons (Fsp3) is 0.632. The van der Waals surface area contributed by atoms with Crippen molar-refractivity contribution in [2.45, 2.75) is 31.8 Å². The van der Waals surface area contributed by atoms with E-state index in [9.17, 15) is 4.79 Å². The molecular weight excluding hydrogens is 334 g/mol. The van der Waals surface area contributed by atoms with Gasteiger partial charge in [-0.2, -0.15) is 0 Å². The van der Waals surface area contributed by atoms with E-state index >= 15 is 0 Å². The zero-order valence-electron chi connectivity index (χ0n) is 15.9. The normalized spacial score (nSPS) is 23.3. The molecule has 0 aromatic heterocycles. The lowest BCUT2D eigenvalue weighted by atomic mass is 10.0. The molecule has 0 radical (unpaired) electrons. The number of piperazine rings is 1. The molecule has 2 fully saturated rings. The number of urea groups is 1. The van der Waals surface area contributed by atoms with Crippen molar-refractivity contribution in [3.8, 4) is 11.5 Å². The van der Waals surface area contributed by atoms with Gasteiger partial charge in [-0.05, 0) is 18.6 Å². The Bertz CT molecular complexity index is 623. The number of hydrogen-bond donors (Lipinski definition) is 1. The van der Waals surface area contributed by atoms with Crippen LogP contribution in [-0.4, -0.2) is 75.0 Å². The first kappa shape index (κ1) is 18.8. The molecule has 2 saturated heterocycles. The number of rotatable bonds is 5. The number of morpholine rings is 1. The van der Waals surface area contributed by atoms with Gasteiger partial charge in [-0.25, -0.2) is 4.79 Å². The zero-order valence-corrected chi connectivity index (χ0v) is 15.9. The standard InChI is InChI=1S/C19H29N3O4/c1-4-5-15-12-26-13-16-11-21(8-9-22(15)16)19(23)20-14-6-7-17(24-2)18(10-14)25-3/h6-7,10,15-16H,4-5,8-9,11-13H2,1-3H3,(H,20,23)/t15-,16+/m0/s1. The number of carbonyl (C=O) groups is 1. The van der Waals surface area contributed by atoms with Crippen LogP contribution in [0.25, 0.3) is 0 Å². The maximum atomic E-state index is 12.7. The van der Waals surface area contributed by atoms with Gasteiger partial charge in [0.15, 0.2) is 11.5 Å². The average molecular weight is 363 g/mol. The van der Waals surface area contributed by atoms with Crippen molar-refractivity contribution in [3.05, 3.63) is 18.2 Å². The van der Waals surface area contributed by atoms with Crippen molar-refractivity contribution in [2.75, 3.05) is 52.4 Å². The average Bonchev–Trinajstić information content (AvgIpc) is 2.67. The van der Waals surface area contributed by atoms with Crippen molar-refractivity contribution < 1.29 is 19.0 Å². The molecule has 0 spiro atoms. The number of carbonyl (C=O) groups excluding carboxylic acids is 1. The molecule has 1 aromatic carbocycles. The van der Waals surface area contributed by atoms with Gasteiger partial charge in [0, 0.05) is 37.4 Å². The largest absolute Gasteiger partial charge is 0.493 e. The van der Waals surface area contributed by atoms with Gasteiger partial charge in [-0.1, -0.05) is 13.3 Å². The van der Waals surface area contributed by atoms with Gasteiger partial charge in [-0.3, -0.25) is 4.90 Å². The minimum Gasteiger partial charge on any atom is -0.493 e. The quantitative estimate of drug-likeness (QED) is 0.870. The topological polar surface area (TPSA) is 63.3 Å². The van der Waals surface area contributed by atoms with Crippen LogP contribution in [0.15, 0.2) is 18.2 Å². The summed E-state index contributed by atoms with van der Waals surface area (Å²) >= 11 is 0. The van der Waals surface area contributed by atoms with Crippen molar-refractivity contribution in [2.24, 2.45) is 0 Å². The number of methoxy groups -OCH3 is 2. The van der Waals surface area contributed by atoms with Gasteiger partial charge in [0.1, 0.15) is 0 Å². The van der Waals surface area contributed by atoms with Crippen LogP contribution < -0.4 is 14.8 Å². The Kier molecular flexibility index (Phi) is 6.21. The van der Waals surface area contributed by atoms with E-state index in [1.165, 1.54) is 0 Å². The van der Waals surface area contributed by atoms with Crippen molar-refractivity contribution >= 4 is 11.7 Å². The lowest BCUT2D eigenvalue weighted by molar-refractivity contribution is -0.0755. The molecule has 2 aliphatic heterocycles. The highest BCUT2D eigenvalue weighted by Crippen LogP contribution is 2.30. The third-order valence-electron chi connectivity index (χ3n) is 5.16. The number of nitrogens with one attached hydrogen (secondary N) is 1. The fourth-order valence-corrected chi connectivity index (χ4v) is 3.82. The number of fused-ring (bicyclic) bond motifs is 1. The number of ether oxygens (including phenoxy) is 3. The lowest BCUT2D eigenvalue weighted by Gasteiger charge is -2.47. The first-order chi connectivity index (χ1) is 12.7. The summed E-state index contributed by atoms with van der Waals surface area (Å²) in [5, 5.41) is 2.96. The van der Waals surface area contributed by atoms with Crippen LogP contribution in [0, 0.1) is 0 Å². The van der Waals surface area contributed by atoms with E-state index < -0.39 is 0 Å². The van der Waals surface area contributed by atoms with Gasteiger partial charge >= 0.3 is 6.03 Å². The predicted molar refractivity (Wildman–Crippen MR) is 100 cm³/mol.